The maximum atomic E-state index is 13.3. The molecule has 2 aromatic carbocycles. The van der Waals surface area contributed by atoms with Gasteiger partial charge in [-0.25, -0.2) is 0 Å². The minimum atomic E-state index is -0.250. The number of aromatic nitrogens is 1. The van der Waals surface area contributed by atoms with E-state index in [0.717, 1.165) is 51.5 Å². The number of nitrogens with one attached hydrogen (secondary N) is 1. The van der Waals surface area contributed by atoms with Gasteiger partial charge in [-0.3, -0.25) is 4.79 Å². The van der Waals surface area contributed by atoms with Gasteiger partial charge in [0.2, 0.25) is 5.91 Å². The summed E-state index contributed by atoms with van der Waals surface area (Å²) in [5.41, 5.74) is 4.33. The lowest BCUT2D eigenvalue weighted by atomic mass is 10.0. The summed E-state index contributed by atoms with van der Waals surface area (Å²) in [6, 6.07) is 14.4. The van der Waals surface area contributed by atoms with Crippen LogP contribution in [-0.2, 0) is 4.79 Å². The topological polar surface area (TPSA) is 45.3 Å². The van der Waals surface area contributed by atoms with Gasteiger partial charge in [-0.2, -0.15) is 0 Å². The van der Waals surface area contributed by atoms with Crippen molar-refractivity contribution >= 4 is 28.6 Å². The highest BCUT2D eigenvalue weighted by Crippen LogP contribution is 2.52. The molecule has 27 heavy (non-hydrogen) atoms. The first kappa shape index (κ1) is 18.0. The number of hydrogen-bond acceptors (Lipinski definition) is 3. The van der Waals surface area contributed by atoms with E-state index in [2.05, 4.69) is 23.2 Å². The predicted octanol–water partition coefficient (Wildman–Crippen LogP) is 5.25. The second kappa shape index (κ2) is 7.31. The van der Waals surface area contributed by atoms with Crippen LogP contribution in [0.25, 0.3) is 22.2 Å². The monoisotopic (exact) mass is 380 g/mol. The average Bonchev–Trinajstić information content (AvgIpc) is 3.07. The first-order chi connectivity index (χ1) is 13.2. The maximum Gasteiger partial charge on any atom is 0.240 e. The van der Waals surface area contributed by atoms with Crippen LogP contribution in [0, 0.1) is 0 Å². The maximum absolute atomic E-state index is 13.3. The smallest absolute Gasteiger partial charge is 0.240 e. The zero-order chi connectivity index (χ0) is 19.0. The molecule has 0 radical (unpaired) electrons. The lowest BCUT2D eigenvalue weighted by Crippen LogP contribution is -2.34. The minimum Gasteiger partial charge on any atom is -0.494 e. The van der Waals surface area contributed by atoms with E-state index in [1.807, 2.05) is 49.9 Å². The van der Waals surface area contributed by atoms with E-state index in [9.17, 15) is 4.79 Å². The molecule has 1 aliphatic heterocycles. The van der Waals surface area contributed by atoms with Crippen molar-refractivity contribution in [2.24, 2.45) is 0 Å². The molecule has 4 nitrogen and oxygen atoms in total. The quantitative estimate of drug-likeness (QED) is 0.658. The highest BCUT2D eigenvalue weighted by molar-refractivity contribution is 8.00. The summed E-state index contributed by atoms with van der Waals surface area (Å²) in [4.78, 5) is 20.0. The molecule has 140 valence electrons. The molecule has 1 aliphatic rings. The molecule has 1 N–H and O–H groups in total. The SMILES string of the molecule is CCOc1ccc2[nH]c3c(c2c1)C(C(=O)N(CC)CC)Sc1ccccc1-3. The molecular weight excluding hydrogens is 356 g/mol. The van der Waals surface area contributed by atoms with Crippen molar-refractivity contribution < 1.29 is 9.53 Å². The Bertz CT molecular complexity index is 991. The molecule has 1 amide bonds. The lowest BCUT2D eigenvalue weighted by molar-refractivity contribution is -0.130. The zero-order valence-corrected chi connectivity index (χ0v) is 16.7. The van der Waals surface area contributed by atoms with Gasteiger partial charge in [-0.15, -0.1) is 11.8 Å². The summed E-state index contributed by atoms with van der Waals surface area (Å²) in [5, 5.41) is 0.823. The molecule has 1 atom stereocenters. The van der Waals surface area contributed by atoms with E-state index in [1.165, 1.54) is 0 Å². The summed E-state index contributed by atoms with van der Waals surface area (Å²) < 4.78 is 5.71. The third-order valence-corrected chi connectivity index (χ3v) is 6.37. The summed E-state index contributed by atoms with van der Waals surface area (Å²) in [5.74, 6) is 1.01. The molecule has 0 saturated heterocycles. The molecule has 0 saturated carbocycles. The van der Waals surface area contributed by atoms with E-state index >= 15 is 0 Å². The molecule has 2 heterocycles. The number of amides is 1. The van der Waals surface area contributed by atoms with Crippen LogP contribution in [0.2, 0.25) is 0 Å². The molecule has 1 unspecified atom stereocenters. The molecule has 3 aromatic rings. The Morgan fingerprint density at radius 3 is 2.67 bits per heavy atom. The van der Waals surface area contributed by atoms with Crippen molar-refractivity contribution in [3.63, 3.8) is 0 Å². The molecule has 5 heteroatoms. The average molecular weight is 381 g/mol. The van der Waals surface area contributed by atoms with Crippen molar-refractivity contribution in [2.45, 2.75) is 30.9 Å². The van der Waals surface area contributed by atoms with Gasteiger partial charge in [-0.05, 0) is 45.0 Å². The number of hydrogen-bond donors (Lipinski definition) is 1. The van der Waals surface area contributed by atoms with Crippen LogP contribution < -0.4 is 4.74 Å². The van der Waals surface area contributed by atoms with Crippen LogP contribution in [0.5, 0.6) is 5.75 Å². The van der Waals surface area contributed by atoms with Crippen molar-refractivity contribution in [1.29, 1.82) is 0 Å². The van der Waals surface area contributed by atoms with Crippen LogP contribution in [0.4, 0.5) is 0 Å². The first-order valence-corrected chi connectivity index (χ1v) is 10.4. The lowest BCUT2D eigenvalue weighted by Gasteiger charge is -2.29. The molecular formula is C22H24N2O2S. The molecule has 0 spiro atoms. The number of carbonyl (C=O) groups excluding carboxylic acids is 1. The largest absolute Gasteiger partial charge is 0.494 e. The predicted molar refractivity (Wildman–Crippen MR) is 111 cm³/mol. The van der Waals surface area contributed by atoms with E-state index in [-0.39, 0.29) is 11.2 Å². The Morgan fingerprint density at radius 1 is 1.15 bits per heavy atom. The molecule has 0 bridgehead atoms. The van der Waals surface area contributed by atoms with E-state index < -0.39 is 0 Å². The van der Waals surface area contributed by atoms with E-state index in [1.54, 1.807) is 11.8 Å². The van der Waals surface area contributed by atoms with Gasteiger partial charge in [0.25, 0.3) is 0 Å². The molecule has 4 rings (SSSR count). The number of ether oxygens (including phenoxy) is 1. The van der Waals surface area contributed by atoms with Gasteiger partial charge < -0.3 is 14.6 Å². The number of likely N-dealkylation sites (N-methyl/N-ethyl adjacent to an activating group) is 1. The van der Waals surface area contributed by atoms with Crippen LogP contribution in [-0.4, -0.2) is 35.5 Å². The number of aromatic amines is 1. The van der Waals surface area contributed by atoms with Gasteiger partial charge in [0.1, 0.15) is 11.0 Å². The van der Waals surface area contributed by atoms with Gasteiger partial charge in [0.15, 0.2) is 0 Å². The van der Waals surface area contributed by atoms with Crippen LogP contribution in [0.15, 0.2) is 47.4 Å². The number of rotatable bonds is 5. The number of fused-ring (bicyclic) bond motifs is 5. The Labute approximate surface area is 163 Å². The number of benzene rings is 2. The Balaban J connectivity index is 1.93. The number of carbonyl (C=O) groups is 1. The summed E-state index contributed by atoms with van der Waals surface area (Å²) in [6.45, 7) is 8.11. The van der Waals surface area contributed by atoms with Gasteiger partial charge in [-0.1, -0.05) is 18.2 Å². The van der Waals surface area contributed by atoms with Gasteiger partial charge in [0, 0.05) is 40.0 Å². The molecule has 0 fully saturated rings. The normalized spacial score (nSPS) is 15.3. The Morgan fingerprint density at radius 2 is 1.93 bits per heavy atom. The third-order valence-electron chi connectivity index (χ3n) is 5.08. The molecule has 0 aliphatic carbocycles. The Kier molecular flexibility index (Phi) is 4.87. The van der Waals surface area contributed by atoms with Gasteiger partial charge >= 0.3 is 0 Å². The fourth-order valence-electron chi connectivity index (χ4n) is 3.77. The second-order valence-corrected chi connectivity index (χ2v) is 7.71. The van der Waals surface area contributed by atoms with Crippen molar-refractivity contribution in [3.05, 3.63) is 48.0 Å². The standard InChI is InChI=1S/C22H24N2O2S/c1-4-24(5-2)22(25)21-19-16-13-14(26-6-3)11-12-17(16)23-20(19)15-9-7-8-10-18(15)27-21/h7-13,21,23H,4-6H2,1-3H3. The van der Waals surface area contributed by atoms with Crippen LogP contribution in [0.1, 0.15) is 31.6 Å². The fraction of sp³-hybridized carbons (Fsp3) is 0.318. The van der Waals surface area contributed by atoms with Crippen molar-refractivity contribution in [2.75, 3.05) is 19.7 Å². The fourth-order valence-corrected chi connectivity index (χ4v) is 5.09. The number of thioether (sulfide) groups is 1. The van der Waals surface area contributed by atoms with E-state index in [0.29, 0.717) is 6.61 Å². The van der Waals surface area contributed by atoms with Gasteiger partial charge in [0.05, 0.1) is 12.3 Å². The Hall–Kier alpha value is -2.40. The summed E-state index contributed by atoms with van der Waals surface area (Å²) in [6.07, 6.45) is 0. The molecule has 1 aromatic heterocycles. The number of nitrogens with zero attached hydrogens (tertiary/aromatic N) is 1. The van der Waals surface area contributed by atoms with E-state index in [4.69, 9.17) is 4.74 Å². The summed E-state index contributed by atoms with van der Waals surface area (Å²) >= 11 is 1.65. The van der Waals surface area contributed by atoms with Crippen LogP contribution in [0.3, 0.4) is 0 Å². The zero-order valence-electron chi connectivity index (χ0n) is 15.9. The first-order valence-electron chi connectivity index (χ1n) is 9.51. The van der Waals surface area contributed by atoms with Crippen LogP contribution >= 0.6 is 11.8 Å². The summed E-state index contributed by atoms with van der Waals surface area (Å²) in [7, 11) is 0. The second-order valence-electron chi connectivity index (χ2n) is 6.56. The third kappa shape index (κ3) is 3.00. The number of H-pyrrole nitrogens is 1. The minimum absolute atomic E-state index is 0.170. The van der Waals surface area contributed by atoms with Crippen molar-refractivity contribution in [3.8, 4) is 17.0 Å². The van der Waals surface area contributed by atoms with Crippen molar-refractivity contribution in [1.82, 2.24) is 9.88 Å². The highest BCUT2D eigenvalue weighted by Gasteiger charge is 2.35. The highest BCUT2D eigenvalue weighted by atomic mass is 32.2.